The third kappa shape index (κ3) is 4.16. The molecule has 3 heterocycles. The molecule has 7 nitrogen and oxygen atoms in total. The Morgan fingerprint density at radius 1 is 1.00 bits per heavy atom. The molecular weight excluding hydrogens is 390 g/mol. The number of rotatable bonds is 5. The number of H-pyrrole nitrogens is 1. The molecule has 5 rings (SSSR count). The minimum Gasteiger partial charge on any atom is -0.407 e. The van der Waals surface area contributed by atoms with Gasteiger partial charge in [-0.3, -0.25) is 10.00 Å². The van der Waals surface area contributed by atoms with E-state index in [2.05, 4.69) is 20.4 Å². The van der Waals surface area contributed by atoms with E-state index in [-0.39, 0.29) is 0 Å². The van der Waals surface area contributed by atoms with Crippen LogP contribution < -0.4 is 10.1 Å². The zero-order chi connectivity index (χ0) is 21.0. The summed E-state index contributed by atoms with van der Waals surface area (Å²) in [4.78, 5) is 20.0. The van der Waals surface area contributed by atoms with Crippen molar-refractivity contribution >= 4 is 22.8 Å². The number of carbonyl (C=O) groups is 1. The van der Waals surface area contributed by atoms with Gasteiger partial charge in [0.25, 0.3) is 0 Å². The second kappa shape index (κ2) is 8.16. The molecule has 0 saturated carbocycles. The molecule has 0 spiro atoms. The third-order valence-electron chi connectivity index (χ3n) is 4.88. The van der Waals surface area contributed by atoms with Gasteiger partial charge in [0.15, 0.2) is 5.75 Å². The maximum atomic E-state index is 12.4. The van der Waals surface area contributed by atoms with Gasteiger partial charge in [-0.1, -0.05) is 60.7 Å². The first kappa shape index (κ1) is 18.6. The molecule has 0 atom stereocenters. The van der Waals surface area contributed by atoms with E-state index in [1.165, 1.54) is 6.20 Å². The van der Waals surface area contributed by atoms with E-state index in [1.54, 1.807) is 23.3 Å². The Hall–Kier alpha value is -4.39. The standard InChI is InChI=1S/C24H19N5O2/c30-24(31-20-13-27-29(16-20)15-17-7-3-1-4-8-17)28-22-14-26-23-21(22)11-19(12-25-23)18-9-5-2-6-10-18/h1-14,16H,15H2,(H,25,26)(H,28,30). The lowest BCUT2D eigenvalue weighted by Crippen LogP contribution is -2.16. The Bertz CT molecular complexity index is 1330. The number of nitrogens with zero attached hydrogens (tertiary/aromatic N) is 3. The van der Waals surface area contributed by atoms with Crippen LogP contribution in [0.4, 0.5) is 10.5 Å². The molecule has 2 aromatic carbocycles. The number of aromatic nitrogens is 4. The number of aromatic amines is 1. The lowest BCUT2D eigenvalue weighted by Gasteiger charge is -2.05. The minimum atomic E-state index is -0.592. The highest BCUT2D eigenvalue weighted by atomic mass is 16.6. The number of fused-ring (bicyclic) bond motifs is 1. The van der Waals surface area contributed by atoms with Crippen molar-refractivity contribution in [1.82, 2.24) is 19.7 Å². The lowest BCUT2D eigenvalue weighted by molar-refractivity contribution is 0.215. The first-order chi connectivity index (χ1) is 15.2. The van der Waals surface area contributed by atoms with Gasteiger partial charge in [0, 0.05) is 23.3 Å². The van der Waals surface area contributed by atoms with Crippen molar-refractivity contribution in [3.63, 3.8) is 0 Å². The van der Waals surface area contributed by atoms with Crippen molar-refractivity contribution in [2.24, 2.45) is 0 Å². The van der Waals surface area contributed by atoms with Crippen LogP contribution in [0.3, 0.4) is 0 Å². The third-order valence-corrected chi connectivity index (χ3v) is 4.88. The summed E-state index contributed by atoms with van der Waals surface area (Å²) in [5.41, 5.74) is 4.42. The SMILES string of the molecule is O=C(Nc1c[nH]c2ncc(-c3ccccc3)cc12)Oc1cnn(Cc2ccccc2)c1. The van der Waals surface area contributed by atoms with Gasteiger partial charge in [0.05, 0.1) is 24.6 Å². The number of carbonyl (C=O) groups excluding carboxylic acids is 1. The van der Waals surface area contributed by atoms with Crippen LogP contribution in [0.15, 0.2) is 91.5 Å². The number of nitrogens with one attached hydrogen (secondary N) is 2. The molecule has 7 heteroatoms. The highest BCUT2D eigenvalue weighted by Gasteiger charge is 2.12. The summed E-state index contributed by atoms with van der Waals surface area (Å²) in [6.07, 6.45) is 6.12. The fourth-order valence-corrected chi connectivity index (χ4v) is 3.39. The van der Waals surface area contributed by atoms with Crippen LogP contribution in [0, 0.1) is 0 Å². The average molecular weight is 409 g/mol. The van der Waals surface area contributed by atoms with Crippen molar-refractivity contribution in [3.8, 4) is 16.9 Å². The number of hydrogen-bond donors (Lipinski definition) is 2. The van der Waals surface area contributed by atoms with E-state index >= 15 is 0 Å². The Morgan fingerprint density at radius 3 is 2.58 bits per heavy atom. The molecule has 0 radical (unpaired) electrons. The number of hydrogen-bond acceptors (Lipinski definition) is 4. The normalized spacial score (nSPS) is 10.8. The Labute approximate surface area is 178 Å². The summed E-state index contributed by atoms with van der Waals surface area (Å²) < 4.78 is 7.12. The van der Waals surface area contributed by atoms with E-state index in [0.717, 1.165) is 22.1 Å². The Kier molecular flexibility index (Phi) is 4.90. The fourth-order valence-electron chi connectivity index (χ4n) is 3.39. The second-order valence-electron chi connectivity index (χ2n) is 7.06. The van der Waals surface area contributed by atoms with Gasteiger partial charge in [0.2, 0.25) is 0 Å². The molecule has 152 valence electrons. The van der Waals surface area contributed by atoms with Crippen LogP contribution in [-0.2, 0) is 6.54 Å². The summed E-state index contributed by atoms with van der Waals surface area (Å²) >= 11 is 0. The number of anilines is 1. The number of amides is 1. The van der Waals surface area contributed by atoms with Crippen molar-refractivity contribution in [2.75, 3.05) is 5.32 Å². The fraction of sp³-hybridized carbons (Fsp3) is 0.0417. The van der Waals surface area contributed by atoms with E-state index in [1.807, 2.05) is 66.7 Å². The molecule has 0 unspecified atom stereocenters. The second-order valence-corrected chi connectivity index (χ2v) is 7.06. The van der Waals surface area contributed by atoms with Gasteiger partial charge in [-0.15, -0.1) is 0 Å². The van der Waals surface area contributed by atoms with Crippen molar-refractivity contribution in [1.29, 1.82) is 0 Å². The Morgan fingerprint density at radius 2 is 1.77 bits per heavy atom. The molecular formula is C24H19N5O2. The predicted octanol–water partition coefficient (Wildman–Crippen LogP) is 5.09. The number of pyridine rings is 1. The molecule has 31 heavy (non-hydrogen) atoms. The van der Waals surface area contributed by atoms with Crippen LogP contribution in [-0.4, -0.2) is 25.8 Å². The monoisotopic (exact) mass is 409 g/mol. The van der Waals surface area contributed by atoms with Gasteiger partial charge >= 0.3 is 6.09 Å². The smallest absolute Gasteiger partial charge is 0.407 e. The molecule has 0 aliphatic rings. The zero-order valence-corrected chi connectivity index (χ0v) is 16.5. The molecule has 0 aliphatic heterocycles. The van der Waals surface area contributed by atoms with Gasteiger partial charge in [-0.2, -0.15) is 5.10 Å². The summed E-state index contributed by atoms with van der Waals surface area (Å²) in [5, 5.41) is 7.84. The van der Waals surface area contributed by atoms with E-state index in [4.69, 9.17) is 4.74 Å². The van der Waals surface area contributed by atoms with Crippen LogP contribution in [0.1, 0.15) is 5.56 Å². The summed E-state index contributed by atoms with van der Waals surface area (Å²) in [6, 6.07) is 21.9. The molecule has 0 aliphatic carbocycles. The average Bonchev–Trinajstić information content (AvgIpc) is 3.41. The lowest BCUT2D eigenvalue weighted by atomic mass is 10.1. The van der Waals surface area contributed by atoms with E-state index in [0.29, 0.717) is 23.6 Å². The van der Waals surface area contributed by atoms with Gasteiger partial charge in [-0.25, -0.2) is 9.78 Å². The van der Waals surface area contributed by atoms with Crippen molar-refractivity contribution < 1.29 is 9.53 Å². The molecule has 5 aromatic rings. The first-order valence-electron chi connectivity index (χ1n) is 9.82. The Balaban J connectivity index is 1.29. The highest BCUT2D eigenvalue weighted by Crippen LogP contribution is 2.27. The zero-order valence-electron chi connectivity index (χ0n) is 16.5. The number of benzene rings is 2. The predicted molar refractivity (Wildman–Crippen MR) is 119 cm³/mol. The molecule has 1 amide bonds. The molecule has 0 fully saturated rings. The van der Waals surface area contributed by atoms with E-state index in [9.17, 15) is 4.79 Å². The number of ether oxygens (including phenoxy) is 1. The summed E-state index contributed by atoms with van der Waals surface area (Å²) in [7, 11) is 0. The van der Waals surface area contributed by atoms with Crippen LogP contribution in [0.25, 0.3) is 22.2 Å². The van der Waals surface area contributed by atoms with Crippen LogP contribution >= 0.6 is 0 Å². The van der Waals surface area contributed by atoms with Crippen molar-refractivity contribution in [2.45, 2.75) is 6.54 Å². The van der Waals surface area contributed by atoms with Crippen molar-refractivity contribution in [3.05, 3.63) is 97.1 Å². The largest absolute Gasteiger partial charge is 0.417 e. The topological polar surface area (TPSA) is 84.8 Å². The molecule has 2 N–H and O–H groups in total. The van der Waals surface area contributed by atoms with Gasteiger partial charge in [-0.05, 0) is 17.2 Å². The molecule has 0 saturated heterocycles. The van der Waals surface area contributed by atoms with E-state index < -0.39 is 6.09 Å². The molecule has 0 bridgehead atoms. The maximum absolute atomic E-state index is 12.4. The first-order valence-corrected chi connectivity index (χ1v) is 9.82. The van der Waals surface area contributed by atoms with Gasteiger partial charge in [0.1, 0.15) is 5.65 Å². The highest BCUT2D eigenvalue weighted by molar-refractivity contribution is 5.99. The maximum Gasteiger partial charge on any atom is 0.417 e. The quantitative estimate of drug-likeness (QED) is 0.424. The molecule has 3 aromatic heterocycles. The van der Waals surface area contributed by atoms with Crippen LogP contribution in [0.2, 0.25) is 0 Å². The minimum absolute atomic E-state index is 0.372. The van der Waals surface area contributed by atoms with Gasteiger partial charge < -0.3 is 9.72 Å². The summed E-state index contributed by atoms with van der Waals surface area (Å²) in [5.74, 6) is 0.372. The summed E-state index contributed by atoms with van der Waals surface area (Å²) in [6.45, 7) is 0.599. The van der Waals surface area contributed by atoms with Crippen LogP contribution in [0.5, 0.6) is 5.75 Å².